The summed E-state index contributed by atoms with van der Waals surface area (Å²) in [5.41, 5.74) is 0.399. The molecule has 1 N–H and O–H groups in total. The van der Waals surface area contributed by atoms with Crippen molar-refractivity contribution in [1.29, 1.82) is 0 Å². The molecule has 1 fully saturated rings. The van der Waals surface area contributed by atoms with Crippen molar-refractivity contribution in [3.63, 3.8) is 0 Å². The summed E-state index contributed by atoms with van der Waals surface area (Å²) in [5, 5.41) is 3.29. The average Bonchev–Trinajstić information content (AvgIpc) is 2.59. The molecule has 1 aliphatic rings. The maximum Gasteiger partial charge on any atom is 0.253 e. The van der Waals surface area contributed by atoms with Gasteiger partial charge in [-0.15, -0.1) is 0 Å². The lowest BCUT2D eigenvalue weighted by molar-refractivity contribution is -0.136. The zero-order chi connectivity index (χ0) is 18.6. The highest BCUT2D eigenvalue weighted by Gasteiger charge is 2.33. The molecule has 0 bridgehead atoms. The van der Waals surface area contributed by atoms with Crippen molar-refractivity contribution in [2.75, 3.05) is 7.05 Å². The van der Waals surface area contributed by atoms with Crippen molar-refractivity contribution >= 4 is 23.4 Å². The Bertz CT molecular complexity index is 617. The molecule has 2 rings (SSSR count). The van der Waals surface area contributed by atoms with Crippen LogP contribution >= 0.6 is 11.6 Å². The number of likely N-dealkylation sites (N-methyl/N-ethyl adjacent to an activating group) is 1. The summed E-state index contributed by atoms with van der Waals surface area (Å²) in [7, 11) is 1.87. The van der Waals surface area contributed by atoms with Crippen molar-refractivity contribution < 1.29 is 9.59 Å². The van der Waals surface area contributed by atoms with E-state index in [1.807, 2.05) is 25.8 Å². The lowest BCUT2D eigenvalue weighted by Crippen LogP contribution is -2.54. The smallest absolute Gasteiger partial charge is 0.253 e. The Morgan fingerprint density at radius 1 is 1.20 bits per heavy atom. The fraction of sp³-hybridized carbons (Fsp3) is 0.600. The summed E-state index contributed by atoms with van der Waals surface area (Å²) in [6.45, 7) is 6.11. The van der Waals surface area contributed by atoms with Gasteiger partial charge in [0.15, 0.2) is 0 Å². The van der Waals surface area contributed by atoms with E-state index >= 15 is 0 Å². The molecule has 2 amide bonds. The molecule has 4 nitrogen and oxygen atoms in total. The topological polar surface area (TPSA) is 49.4 Å². The largest absolute Gasteiger partial charge is 0.341 e. The molecule has 1 aliphatic carbocycles. The standard InChI is InChI=1S/C20H29ClN2O2/c1-13(2)18(22-19(24)15-10-6-7-11-16(15)21)20(25)23(4)17-12-8-5-9-14(17)3/h6-7,10-11,13-14,17-18H,5,8-9,12H2,1-4H3,(H,22,24). The van der Waals surface area contributed by atoms with Crippen LogP contribution in [0.1, 0.15) is 56.8 Å². The summed E-state index contributed by atoms with van der Waals surface area (Å²) >= 11 is 6.11. The number of carbonyl (C=O) groups excluding carboxylic acids is 2. The molecule has 25 heavy (non-hydrogen) atoms. The van der Waals surface area contributed by atoms with Gasteiger partial charge in [-0.2, -0.15) is 0 Å². The summed E-state index contributed by atoms with van der Waals surface area (Å²) in [5.74, 6) is 0.173. The van der Waals surface area contributed by atoms with Crippen molar-refractivity contribution in [3.8, 4) is 0 Å². The summed E-state index contributed by atoms with van der Waals surface area (Å²) in [6.07, 6.45) is 4.58. The van der Waals surface area contributed by atoms with Gasteiger partial charge in [0.1, 0.15) is 6.04 Å². The molecule has 0 radical (unpaired) electrons. The fourth-order valence-electron chi connectivity index (χ4n) is 3.63. The van der Waals surface area contributed by atoms with Crippen LogP contribution < -0.4 is 5.32 Å². The lowest BCUT2D eigenvalue weighted by atomic mass is 9.84. The fourth-order valence-corrected chi connectivity index (χ4v) is 3.85. The van der Waals surface area contributed by atoms with Gasteiger partial charge in [0, 0.05) is 13.1 Å². The third-order valence-corrected chi connectivity index (χ3v) is 5.58. The SMILES string of the molecule is CC(C)C(NC(=O)c1ccccc1Cl)C(=O)N(C)C1CCCCC1C. The number of hydrogen-bond donors (Lipinski definition) is 1. The highest BCUT2D eigenvalue weighted by Crippen LogP contribution is 2.28. The predicted octanol–water partition coefficient (Wildman–Crippen LogP) is 4.13. The van der Waals surface area contributed by atoms with Crippen LogP contribution in [0, 0.1) is 11.8 Å². The molecule has 3 unspecified atom stereocenters. The first kappa shape index (κ1) is 19.8. The molecule has 1 saturated carbocycles. The predicted molar refractivity (Wildman–Crippen MR) is 102 cm³/mol. The van der Waals surface area contributed by atoms with Gasteiger partial charge in [0.2, 0.25) is 5.91 Å². The molecular weight excluding hydrogens is 336 g/mol. The van der Waals surface area contributed by atoms with E-state index in [4.69, 9.17) is 11.6 Å². The Kier molecular flexibility index (Phi) is 6.88. The van der Waals surface area contributed by atoms with E-state index in [0.29, 0.717) is 16.5 Å². The van der Waals surface area contributed by atoms with Crippen LogP contribution in [0.25, 0.3) is 0 Å². The number of nitrogens with one attached hydrogen (secondary N) is 1. The van der Waals surface area contributed by atoms with E-state index in [1.165, 1.54) is 6.42 Å². The highest BCUT2D eigenvalue weighted by atomic mass is 35.5. The number of hydrogen-bond acceptors (Lipinski definition) is 2. The highest BCUT2D eigenvalue weighted by molar-refractivity contribution is 6.33. The number of halogens is 1. The van der Waals surface area contributed by atoms with Gasteiger partial charge in [0.05, 0.1) is 10.6 Å². The third kappa shape index (κ3) is 4.75. The van der Waals surface area contributed by atoms with Gasteiger partial charge in [-0.05, 0) is 36.8 Å². The number of nitrogens with zero attached hydrogens (tertiary/aromatic N) is 1. The molecule has 0 saturated heterocycles. The van der Waals surface area contributed by atoms with Crippen LogP contribution in [0.3, 0.4) is 0 Å². The Morgan fingerprint density at radius 3 is 2.44 bits per heavy atom. The summed E-state index contributed by atoms with van der Waals surface area (Å²) in [4.78, 5) is 27.5. The second-order valence-electron chi connectivity index (χ2n) is 7.45. The van der Waals surface area contributed by atoms with E-state index in [9.17, 15) is 9.59 Å². The Labute approximate surface area is 155 Å². The average molecular weight is 365 g/mol. The minimum Gasteiger partial charge on any atom is -0.341 e. The number of rotatable bonds is 5. The third-order valence-electron chi connectivity index (χ3n) is 5.25. The van der Waals surface area contributed by atoms with Gasteiger partial charge in [-0.3, -0.25) is 9.59 Å². The zero-order valence-electron chi connectivity index (χ0n) is 15.6. The summed E-state index contributed by atoms with van der Waals surface area (Å²) in [6, 6.07) is 6.60. The van der Waals surface area contributed by atoms with Crippen LogP contribution in [-0.4, -0.2) is 35.8 Å². The quantitative estimate of drug-likeness (QED) is 0.853. The number of carbonyl (C=O) groups is 2. The lowest BCUT2D eigenvalue weighted by Gasteiger charge is -2.38. The van der Waals surface area contributed by atoms with Crippen molar-refractivity contribution in [2.24, 2.45) is 11.8 Å². The molecule has 0 spiro atoms. The Morgan fingerprint density at radius 2 is 1.84 bits per heavy atom. The van der Waals surface area contributed by atoms with E-state index in [0.717, 1.165) is 19.3 Å². The monoisotopic (exact) mass is 364 g/mol. The molecular formula is C20H29ClN2O2. The maximum absolute atomic E-state index is 13.1. The minimum atomic E-state index is -0.553. The molecule has 0 aromatic heterocycles. The molecule has 1 aromatic rings. The summed E-state index contributed by atoms with van der Waals surface area (Å²) < 4.78 is 0. The normalized spacial score (nSPS) is 21.7. The second-order valence-corrected chi connectivity index (χ2v) is 7.86. The number of benzene rings is 1. The first-order valence-corrected chi connectivity index (χ1v) is 9.52. The molecule has 0 heterocycles. The first-order chi connectivity index (χ1) is 11.8. The molecule has 3 atom stereocenters. The molecule has 1 aromatic carbocycles. The van der Waals surface area contributed by atoms with Gasteiger partial charge in [-0.25, -0.2) is 0 Å². The Balaban J connectivity index is 2.12. The van der Waals surface area contributed by atoms with Gasteiger partial charge in [0.25, 0.3) is 5.91 Å². The maximum atomic E-state index is 13.1. The first-order valence-electron chi connectivity index (χ1n) is 9.15. The molecule has 5 heteroatoms. The van der Waals surface area contributed by atoms with Gasteiger partial charge >= 0.3 is 0 Å². The minimum absolute atomic E-state index is 0.000263. The second kappa shape index (κ2) is 8.70. The van der Waals surface area contributed by atoms with E-state index in [-0.39, 0.29) is 23.8 Å². The van der Waals surface area contributed by atoms with Crippen molar-refractivity contribution in [3.05, 3.63) is 34.9 Å². The molecule has 138 valence electrons. The van der Waals surface area contributed by atoms with Crippen LogP contribution in [0.2, 0.25) is 5.02 Å². The van der Waals surface area contributed by atoms with Crippen LogP contribution in [-0.2, 0) is 4.79 Å². The van der Waals surface area contributed by atoms with Crippen molar-refractivity contribution in [1.82, 2.24) is 10.2 Å². The van der Waals surface area contributed by atoms with Crippen LogP contribution in [0.4, 0.5) is 0 Å². The van der Waals surface area contributed by atoms with Crippen LogP contribution in [0.15, 0.2) is 24.3 Å². The zero-order valence-corrected chi connectivity index (χ0v) is 16.3. The van der Waals surface area contributed by atoms with Gasteiger partial charge < -0.3 is 10.2 Å². The number of amides is 2. The van der Waals surface area contributed by atoms with E-state index < -0.39 is 6.04 Å². The van der Waals surface area contributed by atoms with Crippen molar-refractivity contribution in [2.45, 2.75) is 58.5 Å². The van der Waals surface area contributed by atoms with E-state index in [1.54, 1.807) is 24.3 Å². The van der Waals surface area contributed by atoms with E-state index in [2.05, 4.69) is 12.2 Å². The molecule has 0 aliphatic heterocycles. The Hall–Kier alpha value is -1.55. The van der Waals surface area contributed by atoms with Gasteiger partial charge in [-0.1, -0.05) is 57.3 Å². The van der Waals surface area contributed by atoms with Crippen LogP contribution in [0.5, 0.6) is 0 Å².